The topological polar surface area (TPSA) is 146 Å². The summed E-state index contributed by atoms with van der Waals surface area (Å²) >= 11 is 0. The normalized spacial score (nSPS) is 13.0. The molecule has 0 atom stereocenters. The van der Waals surface area contributed by atoms with Crippen LogP contribution in [-0.4, -0.2) is 70.4 Å². The molecule has 12 heteroatoms. The van der Waals surface area contributed by atoms with Gasteiger partial charge in [0.1, 0.15) is 24.7 Å². The fourth-order valence-corrected chi connectivity index (χ4v) is 4.41. The van der Waals surface area contributed by atoms with Crippen LogP contribution in [0.3, 0.4) is 0 Å². The van der Waals surface area contributed by atoms with E-state index < -0.39 is 5.97 Å². The molecule has 41 heavy (non-hydrogen) atoms. The Morgan fingerprint density at radius 1 is 0.854 bits per heavy atom. The van der Waals surface area contributed by atoms with E-state index in [1.807, 2.05) is 0 Å². The molecule has 2 aromatic carbocycles. The summed E-state index contributed by atoms with van der Waals surface area (Å²) in [6, 6.07) is 10.2. The minimum absolute atomic E-state index is 0. The zero-order valence-corrected chi connectivity index (χ0v) is 21.3. The molecule has 0 amide bonds. The molecule has 0 saturated carbocycles. The van der Waals surface area contributed by atoms with Crippen molar-refractivity contribution in [3.05, 3.63) is 84.0 Å². The number of aromatic carboxylic acids is 1. The summed E-state index contributed by atoms with van der Waals surface area (Å²) in [5, 5.41) is 9.05. The van der Waals surface area contributed by atoms with Crippen LogP contribution in [0.5, 0.6) is 11.5 Å². The summed E-state index contributed by atoms with van der Waals surface area (Å²) < 4.78 is 15.9. The average Bonchev–Trinajstić information content (AvgIpc) is 3.68. The number of carbonyl (C=O) groups excluding carboxylic acids is 1. The molecule has 12 nitrogen and oxygen atoms in total. The fraction of sp³-hybridized carbons (Fsp3) is 0.310. The Hall–Kier alpha value is -5.00. The van der Waals surface area contributed by atoms with Crippen molar-refractivity contribution in [3.63, 3.8) is 0 Å². The molecule has 0 saturated heterocycles. The second-order valence-electron chi connectivity index (χ2n) is 8.86. The molecule has 0 unspecified atom stereocenters. The minimum Gasteiger partial charge on any atom is -0.490 e. The highest BCUT2D eigenvalue weighted by molar-refractivity contribution is 5.91. The molecule has 4 aromatic rings. The summed E-state index contributed by atoms with van der Waals surface area (Å²) in [5.74, 6) is 0.217. The number of ether oxygens (including phenoxy) is 3. The maximum atomic E-state index is 11.6. The van der Waals surface area contributed by atoms with E-state index in [1.54, 1.807) is 61.4 Å². The third-order valence-corrected chi connectivity index (χ3v) is 6.34. The molecule has 0 bridgehead atoms. The molecule has 2 aliphatic heterocycles. The molecule has 6 rings (SSSR count). The molecule has 0 fully saturated rings. The number of imidazole rings is 2. The van der Waals surface area contributed by atoms with Crippen LogP contribution >= 0.6 is 0 Å². The van der Waals surface area contributed by atoms with E-state index in [9.17, 15) is 9.59 Å². The first-order valence-corrected chi connectivity index (χ1v) is 12.3. The third kappa shape index (κ3) is 7.15. The van der Waals surface area contributed by atoms with Gasteiger partial charge in [0.15, 0.2) is 0 Å². The van der Waals surface area contributed by atoms with Gasteiger partial charge >= 0.3 is 11.9 Å². The van der Waals surface area contributed by atoms with Gasteiger partial charge in [-0.2, -0.15) is 0 Å². The van der Waals surface area contributed by atoms with Crippen molar-refractivity contribution in [2.75, 3.05) is 43.2 Å². The highest BCUT2D eigenvalue weighted by Gasteiger charge is 2.22. The van der Waals surface area contributed by atoms with Crippen molar-refractivity contribution in [2.24, 2.45) is 0 Å². The van der Waals surface area contributed by atoms with Crippen molar-refractivity contribution in [2.45, 2.75) is 27.9 Å². The van der Waals surface area contributed by atoms with Crippen molar-refractivity contribution < 1.29 is 28.9 Å². The standard InChI is InChI=1S/C14H15N3O3.C13H13N3O3.2CH4/c1-19-14(18)10-2-3-13-12(6-10)17(4-5-20-13)8-11-7-15-9-16-11;17-13(18)9-1-2-12-11(5-9)16(3-4-19-12)7-10-6-14-8-15-10;;/h2-3,6-7,9H,4-5,8H2,1H3,(H,15,16);1-2,5-6,8H,3-4,7H2,(H,14,15)(H,17,18);2*1H4. The number of hydrogen-bond acceptors (Lipinski definition) is 9. The molecule has 0 radical (unpaired) electrons. The van der Waals surface area contributed by atoms with Gasteiger partial charge in [0, 0.05) is 12.4 Å². The second kappa shape index (κ2) is 13.9. The number of carboxylic acid groups (broad SMARTS) is 1. The lowest BCUT2D eigenvalue weighted by Crippen LogP contribution is -2.32. The quantitative estimate of drug-likeness (QED) is 0.289. The van der Waals surface area contributed by atoms with E-state index in [1.165, 1.54) is 7.11 Å². The van der Waals surface area contributed by atoms with Crippen LogP contribution in [0.15, 0.2) is 61.4 Å². The molecular weight excluding hydrogens is 528 g/mol. The number of benzene rings is 2. The fourth-order valence-electron chi connectivity index (χ4n) is 4.41. The number of hydrogen-bond donors (Lipinski definition) is 3. The van der Waals surface area contributed by atoms with Crippen LogP contribution in [0.4, 0.5) is 11.4 Å². The number of aromatic amines is 2. The monoisotopic (exact) mass is 564 g/mol. The maximum absolute atomic E-state index is 11.6. The summed E-state index contributed by atoms with van der Waals surface area (Å²) in [4.78, 5) is 41.0. The number of fused-ring (bicyclic) bond motifs is 2. The molecule has 4 heterocycles. The van der Waals surface area contributed by atoms with Crippen LogP contribution in [-0.2, 0) is 17.8 Å². The lowest BCUT2D eigenvalue weighted by atomic mass is 10.1. The number of methoxy groups -OCH3 is 1. The number of H-pyrrole nitrogens is 2. The van der Waals surface area contributed by atoms with Crippen molar-refractivity contribution in [1.29, 1.82) is 0 Å². The first-order chi connectivity index (χ1) is 19.0. The number of nitrogens with one attached hydrogen (secondary N) is 2. The van der Waals surface area contributed by atoms with Gasteiger partial charge < -0.3 is 39.1 Å². The van der Waals surface area contributed by atoms with E-state index in [0.29, 0.717) is 31.9 Å². The van der Waals surface area contributed by atoms with Gasteiger partial charge in [0.2, 0.25) is 0 Å². The van der Waals surface area contributed by atoms with E-state index in [0.717, 1.165) is 47.4 Å². The minimum atomic E-state index is -0.935. The molecule has 218 valence electrons. The van der Waals surface area contributed by atoms with Crippen molar-refractivity contribution >= 4 is 23.3 Å². The Morgan fingerprint density at radius 2 is 1.34 bits per heavy atom. The number of carbonyl (C=O) groups is 2. The SMILES string of the molecule is C.C.COC(=O)c1ccc2c(c1)N(Cc1cnc[nH]1)CCO2.O=C(O)c1ccc2c(c1)N(Cc1cnc[nH]1)CCO2. The van der Waals surface area contributed by atoms with Crippen LogP contribution in [0.1, 0.15) is 47.0 Å². The Balaban J connectivity index is 0.000000215. The highest BCUT2D eigenvalue weighted by Crippen LogP contribution is 2.34. The van der Waals surface area contributed by atoms with E-state index >= 15 is 0 Å². The van der Waals surface area contributed by atoms with Gasteiger partial charge in [0.05, 0.1) is 79.8 Å². The largest absolute Gasteiger partial charge is 0.490 e. The Bertz CT molecular complexity index is 1420. The van der Waals surface area contributed by atoms with Gasteiger partial charge in [0.25, 0.3) is 0 Å². The van der Waals surface area contributed by atoms with Crippen molar-refractivity contribution in [1.82, 2.24) is 19.9 Å². The Labute approximate surface area is 238 Å². The van der Waals surface area contributed by atoms with E-state index in [4.69, 9.17) is 19.3 Å². The zero-order chi connectivity index (χ0) is 27.2. The molecular formula is C29H36N6O6. The molecule has 2 aromatic heterocycles. The third-order valence-electron chi connectivity index (χ3n) is 6.34. The molecule has 0 spiro atoms. The number of nitrogens with zero attached hydrogens (tertiary/aromatic N) is 4. The summed E-state index contributed by atoms with van der Waals surface area (Å²) in [7, 11) is 1.38. The first-order valence-electron chi connectivity index (χ1n) is 12.3. The Morgan fingerprint density at radius 3 is 1.78 bits per heavy atom. The van der Waals surface area contributed by atoms with Crippen LogP contribution in [0, 0.1) is 0 Å². The lowest BCUT2D eigenvalue weighted by molar-refractivity contribution is 0.0599. The predicted octanol–water partition coefficient (Wildman–Crippen LogP) is 4.37. The lowest BCUT2D eigenvalue weighted by Gasteiger charge is -2.31. The van der Waals surface area contributed by atoms with Gasteiger partial charge in [-0.05, 0) is 36.4 Å². The van der Waals surface area contributed by atoms with Gasteiger partial charge in [-0.25, -0.2) is 19.6 Å². The summed E-state index contributed by atoms with van der Waals surface area (Å²) in [6.45, 7) is 4.04. The predicted molar refractivity (Wildman–Crippen MR) is 155 cm³/mol. The Kier molecular flexibility index (Phi) is 10.3. The highest BCUT2D eigenvalue weighted by atomic mass is 16.5. The maximum Gasteiger partial charge on any atom is 0.337 e. The number of anilines is 2. The van der Waals surface area contributed by atoms with Crippen LogP contribution in [0.25, 0.3) is 0 Å². The molecule has 2 aliphatic rings. The summed E-state index contributed by atoms with van der Waals surface area (Å²) in [5.41, 5.74) is 4.48. The molecule has 3 N–H and O–H groups in total. The van der Waals surface area contributed by atoms with Gasteiger partial charge in [-0.3, -0.25) is 0 Å². The number of esters is 1. The number of rotatable bonds is 6. The van der Waals surface area contributed by atoms with Crippen molar-refractivity contribution in [3.8, 4) is 11.5 Å². The first kappa shape index (κ1) is 30.5. The number of aromatic nitrogens is 4. The van der Waals surface area contributed by atoms with Gasteiger partial charge in [-0.15, -0.1) is 0 Å². The van der Waals surface area contributed by atoms with E-state index in [2.05, 4.69) is 29.7 Å². The van der Waals surface area contributed by atoms with Crippen LogP contribution < -0.4 is 19.3 Å². The molecule has 0 aliphatic carbocycles. The summed E-state index contributed by atoms with van der Waals surface area (Å²) in [6.07, 6.45) is 6.83. The second-order valence-corrected chi connectivity index (χ2v) is 8.86. The smallest absolute Gasteiger partial charge is 0.337 e. The van der Waals surface area contributed by atoms with Gasteiger partial charge in [-0.1, -0.05) is 14.9 Å². The van der Waals surface area contributed by atoms with Crippen LogP contribution in [0.2, 0.25) is 0 Å². The average molecular weight is 565 g/mol. The zero-order valence-electron chi connectivity index (χ0n) is 21.3. The number of carboxylic acids is 1. The van der Waals surface area contributed by atoms with E-state index in [-0.39, 0.29) is 26.4 Å².